The first-order valence-electron chi connectivity index (χ1n) is 5.17. The van der Waals surface area contributed by atoms with Gasteiger partial charge in [-0.3, -0.25) is 9.59 Å². The molecule has 0 aliphatic carbocycles. The van der Waals surface area contributed by atoms with Gasteiger partial charge in [-0.15, -0.1) is 0 Å². The lowest BCUT2D eigenvalue weighted by Gasteiger charge is -2.07. The zero-order chi connectivity index (χ0) is 13.1. The number of aliphatic hydroxyl groups excluding tert-OH is 1. The Morgan fingerprint density at radius 2 is 2.12 bits per heavy atom. The zero-order valence-corrected chi connectivity index (χ0v) is 9.64. The molecular weight excluding hydrogens is 226 g/mol. The van der Waals surface area contributed by atoms with Gasteiger partial charge in [-0.25, -0.2) is 0 Å². The van der Waals surface area contributed by atoms with E-state index in [1.165, 1.54) is 0 Å². The third-order valence-corrected chi connectivity index (χ3v) is 1.66. The highest BCUT2D eigenvalue weighted by Gasteiger charge is 2.05. The summed E-state index contributed by atoms with van der Waals surface area (Å²) in [5.74, 6) is -0.988. The molecule has 17 heavy (non-hydrogen) atoms. The topological polar surface area (TPSA) is 127 Å². The Morgan fingerprint density at radius 1 is 1.41 bits per heavy atom. The molecule has 0 fully saturated rings. The van der Waals surface area contributed by atoms with Crippen LogP contribution in [0, 0.1) is 0 Å². The highest BCUT2D eigenvalue weighted by molar-refractivity contribution is 6.24. The molecular formula is C9H17N5O3. The lowest BCUT2D eigenvalue weighted by atomic mass is 10.4. The van der Waals surface area contributed by atoms with Crippen LogP contribution in [0.2, 0.25) is 0 Å². The van der Waals surface area contributed by atoms with E-state index in [-0.39, 0.29) is 12.5 Å². The van der Waals surface area contributed by atoms with Crippen molar-refractivity contribution in [3.63, 3.8) is 0 Å². The molecule has 4 N–H and O–H groups in total. The molecule has 0 saturated carbocycles. The minimum absolute atomic E-state index is 0.179. The fraction of sp³-hybridized carbons (Fsp3) is 0.667. The fourth-order valence-corrected chi connectivity index (χ4v) is 0.929. The van der Waals surface area contributed by atoms with E-state index >= 15 is 0 Å². The zero-order valence-electron chi connectivity index (χ0n) is 9.64. The molecule has 8 nitrogen and oxygen atoms in total. The van der Waals surface area contributed by atoms with Crippen LogP contribution in [0.3, 0.4) is 0 Å². The number of nitrogens with zero attached hydrogens (tertiary/aromatic N) is 2. The van der Waals surface area contributed by atoms with Crippen molar-refractivity contribution in [2.75, 3.05) is 26.2 Å². The van der Waals surface area contributed by atoms with Crippen LogP contribution in [0.4, 0.5) is 0 Å². The van der Waals surface area contributed by atoms with Gasteiger partial charge in [-0.2, -0.15) is 4.79 Å². The summed E-state index contributed by atoms with van der Waals surface area (Å²) < 4.78 is 0. The minimum atomic E-state index is -0.644. The van der Waals surface area contributed by atoms with Crippen molar-refractivity contribution in [2.24, 2.45) is 0 Å². The van der Waals surface area contributed by atoms with Crippen LogP contribution in [0.1, 0.15) is 6.92 Å². The largest absolute Gasteiger partial charge is 0.392 e. The van der Waals surface area contributed by atoms with Crippen LogP contribution in [0.15, 0.2) is 0 Å². The molecule has 96 valence electrons. The first kappa shape index (κ1) is 15.2. The van der Waals surface area contributed by atoms with Crippen LogP contribution in [0.25, 0.3) is 5.53 Å². The number of aliphatic hydroxyl groups is 1. The summed E-state index contributed by atoms with van der Waals surface area (Å²) in [6.07, 6.45) is 0.236. The molecule has 0 aromatic heterocycles. The number of carbonyl (C=O) groups is 2. The molecule has 0 spiro atoms. The number of hydrogen-bond acceptors (Lipinski definition) is 4. The number of rotatable bonds is 8. The second-order valence-electron chi connectivity index (χ2n) is 3.37. The highest BCUT2D eigenvalue weighted by atomic mass is 16.3. The summed E-state index contributed by atoms with van der Waals surface area (Å²) in [5.41, 5.74) is 8.03. The number of nitrogens with one attached hydrogen (secondary N) is 3. The van der Waals surface area contributed by atoms with Crippen molar-refractivity contribution in [2.45, 2.75) is 13.0 Å². The molecule has 0 aromatic carbocycles. The van der Waals surface area contributed by atoms with E-state index in [2.05, 4.69) is 20.7 Å². The van der Waals surface area contributed by atoms with Gasteiger partial charge in [0.15, 0.2) is 0 Å². The monoisotopic (exact) mass is 243 g/mol. The van der Waals surface area contributed by atoms with Crippen molar-refractivity contribution in [1.29, 1.82) is 0 Å². The van der Waals surface area contributed by atoms with Gasteiger partial charge in [0, 0.05) is 19.6 Å². The van der Waals surface area contributed by atoms with Crippen LogP contribution in [0.5, 0.6) is 0 Å². The highest BCUT2D eigenvalue weighted by Crippen LogP contribution is 1.73. The van der Waals surface area contributed by atoms with Gasteiger partial charge in [0.05, 0.1) is 12.6 Å². The first-order chi connectivity index (χ1) is 8.06. The smallest absolute Gasteiger partial charge is 0.344 e. The van der Waals surface area contributed by atoms with E-state index in [0.29, 0.717) is 25.8 Å². The number of amides is 2. The van der Waals surface area contributed by atoms with Crippen LogP contribution < -0.4 is 16.0 Å². The molecule has 1 atom stereocenters. The molecule has 8 heteroatoms. The van der Waals surface area contributed by atoms with Gasteiger partial charge in [-0.1, -0.05) is 0 Å². The number of hydrogen-bond donors (Lipinski definition) is 4. The lowest BCUT2D eigenvalue weighted by Crippen LogP contribution is -2.40. The van der Waals surface area contributed by atoms with Gasteiger partial charge in [0.2, 0.25) is 5.91 Å². The Kier molecular flexibility index (Phi) is 8.48. The van der Waals surface area contributed by atoms with Crippen molar-refractivity contribution in [3.05, 3.63) is 5.53 Å². The summed E-state index contributed by atoms with van der Waals surface area (Å²) in [7, 11) is 0. The Morgan fingerprint density at radius 3 is 2.71 bits per heavy atom. The maximum atomic E-state index is 11.1. The Bertz CT molecular complexity index is 299. The molecule has 0 radical (unpaired) electrons. The van der Waals surface area contributed by atoms with Gasteiger partial charge < -0.3 is 26.6 Å². The predicted molar refractivity (Wildman–Crippen MR) is 60.3 cm³/mol. The third kappa shape index (κ3) is 10.5. The SMILES string of the molecule is CC(O)CNCCNC(=O)CNC(=O)C=[N+]=[N-]. The van der Waals surface area contributed by atoms with Gasteiger partial charge >= 0.3 is 12.1 Å². The lowest BCUT2D eigenvalue weighted by molar-refractivity contribution is -0.124. The summed E-state index contributed by atoms with van der Waals surface area (Å²) in [5, 5.41) is 16.6. The summed E-state index contributed by atoms with van der Waals surface area (Å²) >= 11 is 0. The van der Waals surface area contributed by atoms with E-state index in [4.69, 9.17) is 10.6 Å². The molecule has 0 aromatic rings. The molecule has 0 rings (SSSR count). The van der Waals surface area contributed by atoms with Crippen molar-refractivity contribution in [1.82, 2.24) is 16.0 Å². The van der Waals surface area contributed by atoms with Crippen molar-refractivity contribution in [3.8, 4) is 0 Å². The average molecular weight is 243 g/mol. The summed E-state index contributed by atoms with van der Waals surface area (Å²) in [6.45, 7) is 2.86. The van der Waals surface area contributed by atoms with E-state index < -0.39 is 12.0 Å². The van der Waals surface area contributed by atoms with Gasteiger partial charge in [0.25, 0.3) is 0 Å². The van der Waals surface area contributed by atoms with E-state index in [1.807, 2.05) is 0 Å². The molecule has 0 aliphatic rings. The summed E-state index contributed by atoms with van der Waals surface area (Å²) in [6, 6.07) is 0. The second kappa shape index (κ2) is 9.46. The van der Waals surface area contributed by atoms with Crippen molar-refractivity contribution >= 4 is 18.0 Å². The van der Waals surface area contributed by atoms with Crippen LogP contribution in [-0.2, 0) is 9.59 Å². The Balaban J connectivity index is 3.47. The summed E-state index contributed by atoms with van der Waals surface area (Å²) in [4.78, 5) is 24.4. The Labute approximate surface area is 99.0 Å². The normalized spacial score (nSPS) is 11.2. The molecule has 1 unspecified atom stereocenters. The maximum Gasteiger partial charge on any atom is 0.344 e. The second-order valence-corrected chi connectivity index (χ2v) is 3.37. The quantitative estimate of drug-likeness (QED) is 0.162. The molecule has 0 heterocycles. The molecule has 0 aliphatic heterocycles. The molecule has 0 bridgehead atoms. The standard InChI is InChI=1S/C9H17N5O3/c1-7(15)4-11-2-3-12-8(16)5-13-9(17)6-14-10/h6-7,11,15H,2-5H2,1H3,(H,12,16)(H,13,17). The minimum Gasteiger partial charge on any atom is -0.392 e. The first-order valence-corrected chi connectivity index (χ1v) is 5.17. The fourth-order valence-electron chi connectivity index (χ4n) is 0.929. The average Bonchev–Trinajstić information content (AvgIpc) is 2.26. The van der Waals surface area contributed by atoms with Gasteiger partial charge in [0.1, 0.15) is 0 Å². The molecule has 2 amide bonds. The molecule has 0 saturated heterocycles. The van der Waals surface area contributed by atoms with Crippen LogP contribution in [-0.4, -0.2) is 60.2 Å². The number of carbonyl (C=O) groups excluding carboxylic acids is 2. The van der Waals surface area contributed by atoms with E-state index in [9.17, 15) is 9.59 Å². The third-order valence-electron chi connectivity index (χ3n) is 1.66. The maximum absolute atomic E-state index is 11.1. The predicted octanol–water partition coefficient (Wildman–Crippen LogP) is -2.51. The van der Waals surface area contributed by atoms with E-state index in [1.54, 1.807) is 6.92 Å². The Hall–Kier alpha value is -1.76. The van der Waals surface area contributed by atoms with Gasteiger partial charge in [-0.05, 0) is 6.92 Å². The van der Waals surface area contributed by atoms with Crippen LogP contribution >= 0.6 is 0 Å². The van der Waals surface area contributed by atoms with Crippen molar-refractivity contribution < 1.29 is 19.5 Å². The van der Waals surface area contributed by atoms with E-state index in [0.717, 1.165) is 0 Å².